The van der Waals surface area contributed by atoms with E-state index in [9.17, 15) is 4.79 Å². The summed E-state index contributed by atoms with van der Waals surface area (Å²) in [6.07, 6.45) is 0. The minimum atomic E-state index is -0.274. The van der Waals surface area contributed by atoms with Crippen LogP contribution in [0.3, 0.4) is 0 Å². The van der Waals surface area contributed by atoms with Crippen molar-refractivity contribution < 1.29 is 14.1 Å². The van der Waals surface area contributed by atoms with Gasteiger partial charge in [0.2, 0.25) is 0 Å². The molecule has 0 bridgehead atoms. The highest BCUT2D eigenvalue weighted by Gasteiger charge is 2.13. The van der Waals surface area contributed by atoms with Crippen LogP contribution < -0.4 is 5.32 Å². The summed E-state index contributed by atoms with van der Waals surface area (Å²) in [4.78, 5) is 11.7. The van der Waals surface area contributed by atoms with Crippen LogP contribution in [-0.2, 0) is 4.74 Å². The summed E-state index contributed by atoms with van der Waals surface area (Å²) < 4.78 is 11.0. The van der Waals surface area contributed by atoms with E-state index in [1.54, 1.807) is 13.2 Å². The summed E-state index contributed by atoms with van der Waals surface area (Å²) in [7, 11) is 1.58. The molecule has 1 heterocycles. The summed E-state index contributed by atoms with van der Waals surface area (Å²) in [6, 6.07) is 9.19. The Hall–Kier alpha value is -1.66. The molecule has 0 aliphatic rings. The van der Waals surface area contributed by atoms with Crippen LogP contribution in [0.15, 0.2) is 39.3 Å². The molecule has 0 aliphatic carbocycles. The van der Waals surface area contributed by atoms with E-state index in [-0.39, 0.29) is 11.6 Å². The largest absolute Gasteiger partial charge is 0.383 e. The van der Waals surface area contributed by atoms with Crippen LogP contribution in [0.4, 0.5) is 0 Å². The summed E-state index contributed by atoms with van der Waals surface area (Å²) in [5, 5.41) is 6.43. The Bertz CT molecular complexity index is 551. The van der Waals surface area contributed by atoms with Gasteiger partial charge in [0.1, 0.15) is 0 Å². The number of hydrogen-bond donors (Lipinski definition) is 1. The van der Waals surface area contributed by atoms with Gasteiger partial charge in [0.05, 0.1) is 6.61 Å². The molecule has 0 fully saturated rings. The lowest BCUT2D eigenvalue weighted by Crippen LogP contribution is -2.27. The highest BCUT2D eigenvalue weighted by molar-refractivity contribution is 9.10. The van der Waals surface area contributed by atoms with Gasteiger partial charge >= 0.3 is 0 Å². The first kappa shape index (κ1) is 13.8. The lowest BCUT2D eigenvalue weighted by atomic mass is 10.1. The molecule has 1 aromatic carbocycles. The molecule has 0 atom stereocenters. The zero-order valence-electron chi connectivity index (χ0n) is 10.4. The Morgan fingerprint density at radius 1 is 1.42 bits per heavy atom. The number of benzene rings is 1. The van der Waals surface area contributed by atoms with Gasteiger partial charge in [-0.3, -0.25) is 4.79 Å². The van der Waals surface area contributed by atoms with Crippen molar-refractivity contribution in [2.24, 2.45) is 0 Å². The van der Waals surface area contributed by atoms with Crippen molar-refractivity contribution in [3.63, 3.8) is 0 Å². The quantitative estimate of drug-likeness (QED) is 0.858. The Labute approximate surface area is 119 Å². The number of carbonyl (C=O) groups is 1. The summed E-state index contributed by atoms with van der Waals surface area (Å²) in [6.45, 7) is 0.902. The summed E-state index contributed by atoms with van der Waals surface area (Å²) in [5.41, 5.74) is 1.13. The molecular weight excluding hydrogens is 312 g/mol. The third-order valence-corrected chi connectivity index (χ3v) is 2.99. The van der Waals surface area contributed by atoms with Gasteiger partial charge in [0.25, 0.3) is 5.91 Å². The van der Waals surface area contributed by atoms with E-state index < -0.39 is 0 Å². The maximum Gasteiger partial charge on any atom is 0.273 e. The van der Waals surface area contributed by atoms with E-state index >= 15 is 0 Å². The molecule has 0 aliphatic heterocycles. The van der Waals surface area contributed by atoms with Gasteiger partial charge in [-0.15, -0.1) is 0 Å². The molecule has 5 nitrogen and oxygen atoms in total. The minimum absolute atomic E-state index is 0.258. The van der Waals surface area contributed by atoms with Crippen molar-refractivity contribution in [2.75, 3.05) is 20.3 Å². The van der Waals surface area contributed by atoms with Crippen molar-refractivity contribution in [2.45, 2.75) is 0 Å². The molecule has 0 spiro atoms. The lowest BCUT2D eigenvalue weighted by Gasteiger charge is -2.00. The van der Waals surface area contributed by atoms with Gasteiger partial charge in [0, 0.05) is 29.8 Å². The number of nitrogens with one attached hydrogen (secondary N) is 1. The maximum absolute atomic E-state index is 11.7. The second-order valence-electron chi connectivity index (χ2n) is 3.83. The van der Waals surface area contributed by atoms with Gasteiger partial charge in [-0.1, -0.05) is 33.2 Å². The third-order valence-electron chi connectivity index (χ3n) is 2.46. The first-order chi connectivity index (χ1) is 9.20. The molecule has 0 saturated heterocycles. The lowest BCUT2D eigenvalue weighted by molar-refractivity contribution is 0.0928. The predicted molar refractivity (Wildman–Crippen MR) is 73.8 cm³/mol. The van der Waals surface area contributed by atoms with E-state index in [1.165, 1.54) is 0 Å². The molecule has 1 amide bonds. The monoisotopic (exact) mass is 324 g/mol. The van der Waals surface area contributed by atoms with Gasteiger partial charge in [-0.05, 0) is 12.1 Å². The normalized spacial score (nSPS) is 10.4. The summed E-state index contributed by atoms with van der Waals surface area (Å²) >= 11 is 3.36. The fraction of sp³-hybridized carbons (Fsp3) is 0.231. The molecule has 6 heteroatoms. The number of methoxy groups -OCH3 is 1. The molecule has 19 heavy (non-hydrogen) atoms. The molecule has 2 aromatic rings. The fourth-order valence-electron chi connectivity index (χ4n) is 1.49. The smallest absolute Gasteiger partial charge is 0.273 e. The van der Waals surface area contributed by atoms with Gasteiger partial charge in [-0.2, -0.15) is 0 Å². The Kier molecular flexibility index (Phi) is 4.70. The molecule has 100 valence electrons. The zero-order valence-corrected chi connectivity index (χ0v) is 11.9. The van der Waals surface area contributed by atoms with Gasteiger partial charge < -0.3 is 14.6 Å². The molecule has 1 N–H and O–H groups in total. The van der Waals surface area contributed by atoms with Crippen LogP contribution in [-0.4, -0.2) is 31.3 Å². The Morgan fingerprint density at radius 3 is 2.84 bits per heavy atom. The topological polar surface area (TPSA) is 64.4 Å². The number of ether oxygens (including phenoxy) is 1. The summed E-state index contributed by atoms with van der Waals surface area (Å²) in [5.74, 6) is 0.286. The second-order valence-corrected chi connectivity index (χ2v) is 4.75. The van der Waals surface area contributed by atoms with Crippen molar-refractivity contribution in [1.29, 1.82) is 0 Å². The zero-order chi connectivity index (χ0) is 13.7. The van der Waals surface area contributed by atoms with Crippen LogP contribution in [0.25, 0.3) is 11.3 Å². The van der Waals surface area contributed by atoms with Gasteiger partial charge in [-0.25, -0.2) is 0 Å². The van der Waals surface area contributed by atoms with Crippen LogP contribution in [0.1, 0.15) is 10.5 Å². The number of amides is 1. The molecule has 0 unspecified atom stereocenters. The highest BCUT2D eigenvalue weighted by atomic mass is 79.9. The van der Waals surface area contributed by atoms with E-state index in [0.717, 1.165) is 10.0 Å². The van der Waals surface area contributed by atoms with E-state index in [2.05, 4.69) is 26.4 Å². The van der Waals surface area contributed by atoms with Crippen LogP contribution in [0.5, 0.6) is 0 Å². The van der Waals surface area contributed by atoms with E-state index in [0.29, 0.717) is 18.9 Å². The number of hydrogen-bond acceptors (Lipinski definition) is 4. The molecule has 2 rings (SSSR count). The number of nitrogens with zero attached hydrogens (tertiary/aromatic N) is 1. The second kappa shape index (κ2) is 6.49. The number of carbonyl (C=O) groups excluding carboxylic acids is 1. The maximum atomic E-state index is 11.7. The Morgan fingerprint density at radius 2 is 2.16 bits per heavy atom. The molecular formula is C13H13BrN2O3. The molecule has 0 saturated carbocycles. The van der Waals surface area contributed by atoms with E-state index in [1.807, 2.05) is 24.3 Å². The van der Waals surface area contributed by atoms with Crippen LogP contribution >= 0.6 is 15.9 Å². The van der Waals surface area contributed by atoms with Crippen LogP contribution in [0.2, 0.25) is 0 Å². The number of aromatic nitrogens is 1. The first-order valence-corrected chi connectivity index (χ1v) is 6.50. The van der Waals surface area contributed by atoms with Crippen molar-refractivity contribution >= 4 is 21.8 Å². The van der Waals surface area contributed by atoms with Gasteiger partial charge in [0.15, 0.2) is 11.5 Å². The SMILES string of the molecule is COCCNC(=O)c1cc(-c2ccc(Br)cc2)on1. The predicted octanol–water partition coefficient (Wildman–Crippen LogP) is 2.48. The van der Waals surface area contributed by atoms with Crippen molar-refractivity contribution in [3.05, 3.63) is 40.5 Å². The molecule has 1 aromatic heterocycles. The molecule has 0 radical (unpaired) electrons. The average Bonchev–Trinajstić information content (AvgIpc) is 2.89. The Balaban J connectivity index is 2.06. The average molecular weight is 325 g/mol. The first-order valence-electron chi connectivity index (χ1n) is 5.70. The van der Waals surface area contributed by atoms with Crippen molar-refractivity contribution in [1.82, 2.24) is 10.5 Å². The standard InChI is InChI=1S/C13H13BrN2O3/c1-18-7-6-15-13(17)11-8-12(19-16-11)9-2-4-10(14)5-3-9/h2-5,8H,6-7H2,1H3,(H,15,17). The number of rotatable bonds is 5. The number of halogens is 1. The minimum Gasteiger partial charge on any atom is -0.383 e. The van der Waals surface area contributed by atoms with Crippen LogP contribution in [0, 0.1) is 0 Å². The highest BCUT2D eigenvalue weighted by Crippen LogP contribution is 2.22. The van der Waals surface area contributed by atoms with E-state index in [4.69, 9.17) is 9.26 Å². The fourth-order valence-corrected chi connectivity index (χ4v) is 1.75. The van der Waals surface area contributed by atoms with Crippen molar-refractivity contribution in [3.8, 4) is 11.3 Å². The third kappa shape index (κ3) is 3.65.